The molecule has 8 heteroatoms. The van der Waals surface area contributed by atoms with Crippen molar-refractivity contribution < 1.29 is 4.92 Å². The Morgan fingerprint density at radius 2 is 2.00 bits per heavy atom. The Kier molecular flexibility index (Phi) is 4.70. The third-order valence-corrected chi connectivity index (χ3v) is 3.06. The van der Waals surface area contributed by atoms with Crippen molar-refractivity contribution in [2.45, 2.75) is 26.9 Å². The van der Waals surface area contributed by atoms with Crippen LogP contribution in [0.25, 0.3) is 0 Å². The molecule has 0 saturated carbocycles. The van der Waals surface area contributed by atoms with Gasteiger partial charge in [-0.05, 0) is 26.0 Å². The van der Waals surface area contributed by atoms with Crippen LogP contribution in [0, 0.1) is 10.1 Å². The van der Waals surface area contributed by atoms with E-state index < -0.39 is 0 Å². The lowest BCUT2D eigenvalue weighted by molar-refractivity contribution is -0.383. The maximum atomic E-state index is 11.3. The van der Waals surface area contributed by atoms with Crippen molar-refractivity contribution in [3.63, 3.8) is 0 Å². The Labute approximate surface area is 122 Å². The van der Waals surface area contributed by atoms with Crippen molar-refractivity contribution in [3.05, 3.63) is 40.5 Å². The topological polar surface area (TPSA) is 97.9 Å². The average molecular weight is 290 g/mol. The number of anilines is 2. The van der Waals surface area contributed by atoms with Crippen molar-refractivity contribution in [1.29, 1.82) is 0 Å². The van der Waals surface area contributed by atoms with E-state index in [2.05, 4.69) is 20.8 Å². The SMILES string of the molecule is CCNc1cccc(NCc2nncn2CC)c1[N+](=O)[O-]. The van der Waals surface area contributed by atoms with Gasteiger partial charge in [0.05, 0.1) is 11.5 Å². The summed E-state index contributed by atoms with van der Waals surface area (Å²) in [7, 11) is 0. The number of benzene rings is 1. The first-order valence-electron chi connectivity index (χ1n) is 6.79. The third-order valence-electron chi connectivity index (χ3n) is 3.06. The lowest BCUT2D eigenvalue weighted by atomic mass is 10.2. The Hall–Kier alpha value is -2.64. The van der Waals surface area contributed by atoms with Gasteiger partial charge in [-0.15, -0.1) is 10.2 Å². The molecule has 1 aromatic heterocycles. The summed E-state index contributed by atoms with van der Waals surface area (Å²) in [6.45, 7) is 5.64. The average Bonchev–Trinajstić information content (AvgIpc) is 2.92. The molecule has 2 aromatic rings. The van der Waals surface area contributed by atoms with Crippen molar-refractivity contribution in [2.24, 2.45) is 0 Å². The zero-order chi connectivity index (χ0) is 15.2. The van der Waals surface area contributed by atoms with Gasteiger partial charge in [0, 0.05) is 13.1 Å². The Balaban J connectivity index is 2.23. The minimum Gasteiger partial charge on any atom is -0.380 e. The molecule has 0 bridgehead atoms. The Bertz CT molecular complexity index is 625. The van der Waals surface area contributed by atoms with Gasteiger partial charge in [0.2, 0.25) is 0 Å². The molecule has 0 amide bonds. The van der Waals surface area contributed by atoms with E-state index in [1.807, 2.05) is 18.4 Å². The molecule has 112 valence electrons. The van der Waals surface area contributed by atoms with Crippen LogP contribution >= 0.6 is 0 Å². The van der Waals surface area contributed by atoms with Crippen LogP contribution < -0.4 is 10.6 Å². The maximum absolute atomic E-state index is 11.3. The lowest BCUT2D eigenvalue weighted by Gasteiger charge is -2.11. The monoisotopic (exact) mass is 290 g/mol. The van der Waals surface area contributed by atoms with Gasteiger partial charge in [0.25, 0.3) is 0 Å². The number of nitro benzene ring substituents is 1. The Morgan fingerprint density at radius 3 is 2.62 bits per heavy atom. The van der Waals surface area contributed by atoms with Crippen LogP contribution in [0.3, 0.4) is 0 Å². The predicted molar refractivity (Wildman–Crippen MR) is 80.3 cm³/mol. The first-order valence-corrected chi connectivity index (χ1v) is 6.79. The number of aryl methyl sites for hydroxylation is 1. The van der Waals surface area contributed by atoms with Crippen LogP contribution in [0.5, 0.6) is 0 Å². The number of aromatic nitrogens is 3. The number of para-hydroxylation sites is 1. The molecule has 21 heavy (non-hydrogen) atoms. The van der Waals surface area contributed by atoms with Crippen molar-refractivity contribution >= 4 is 17.1 Å². The minimum absolute atomic E-state index is 0.0434. The third kappa shape index (κ3) is 3.28. The molecule has 0 aliphatic carbocycles. The normalized spacial score (nSPS) is 10.4. The second-order valence-corrected chi connectivity index (χ2v) is 4.38. The second kappa shape index (κ2) is 6.69. The molecule has 0 radical (unpaired) electrons. The van der Waals surface area contributed by atoms with Gasteiger partial charge in [-0.25, -0.2) is 0 Å². The summed E-state index contributed by atoms with van der Waals surface area (Å²) < 4.78 is 1.88. The van der Waals surface area contributed by atoms with Gasteiger partial charge >= 0.3 is 5.69 Å². The molecule has 0 saturated heterocycles. The lowest BCUT2D eigenvalue weighted by Crippen LogP contribution is -2.10. The van der Waals surface area contributed by atoms with E-state index in [0.29, 0.717) is 24.5 Å². The standard InChI is InChI=1S/C13H18N6O2/c1-3-14-10-6-5-7-11(13(10)19(20)21)15-8-12-17-16-9-18(12)4-2/h5-7,9,14-15H,3-4,8H2,1-2H3. The van der Waals surface area contributed by atoms with Crippen LogP contribution in [-0.2, 0) is 13.1 Å². The van der Waals surface area contributed by atoms with Crippen LogP contribution in [0.4, 0.5) is 17.1 Å². The molecule has 0 spiro atoms. The van der Waals surface area contributed by atoms with E-state index in [-0.39, 0.29) is 10.6 Å². The van der Waals surface area contributed by atoms with Gasteiger partial charge in [-0.1, -0.05) is 6.07 Å². The second-order valence-electron chi connectivity index (χ2n) is 4.38. The molecule has 2 rings (SSSR count). The van der Waals surface area contributed by atoms with E-state index in [9.17, 15) is 10.1 Å². The number of nitrogens with zero attached hydrogens (tertiary/aromatic N) is 4. The molecule has 0 atom stereocenters. The highest BCUT2D eigenvalue weighted by Gasteiger charge is 2.19. The van der Waals surface area contributed by atoms with Crippen LogP contribution in [0.1, 0.15) is 19.7 Å². The fourth-order valence-corrected chi connectivity index (χ4v) is 2.07. The molecule has 0 aliphatic rings. The van der Waals surface area contributed by atoms with E-state index in [4.69, 9.17) is 0 Å². The van der Waals surface area contributed by atoms with E-state index >= 15 is 0 Å². The number of rotatable bonds is 7. The zero-order valence-electron chi connectivity index (χ0n) is 12.0. The van der Waals surface area contributed by atoms with Gasteiger partial charge < -0.3 is 15.2 Å². The summed E-state index contributed by atoms with van der Waals surface area (Å²) >= 11 is 0. The summed E-state index contributed by atoms with van der Waals surface area (Å²) in [6.07, 6.45) is 1.64. The van der Waals surface area contributed by atoms with Crippen molar-refractivity contribution in [3.8, 4) is 0 Å². The molecular formula is C13H18N6O2. The highest BCUT2D eigenvalue weighted by Crippen LogP contribution is 2.32. The van der Waals surface area contributed by atoms with Crippen LogP contribution in [-0.4, -0.2) is 26.2 Å². The number of hydrogen-bond acceptors (Lipinski definition) is 6. The highest BCUT2D eigenvalue weighted by molar-refractivity contribution is 5.76. The van der Waals surface area contributed by atoms with Crippen molar-refractivity contribution in [1.82, 2.24) is 14.8 Å². The molecule has 0 aliphatic heterocycles. The van der Waals surface area contributed by atoms with Gasteiger partial charge in [-0.3, -0.25) is 10.1 Å². The van der Waals surface area contributed by atoms with Crippen LogP contribution in [0.2, 0.25) is 0 Å². The zero-order valence-corrected chi connectivity index (χ0v) is 12.0. The van der Waals surface area contributed by atoms with Gasteiger partial charge in [-0.2, -0.15) is 0 Å². The first-order chi connectivity index (χ1) is 10.2. The number of nitro groups is 1. The highest BCUT2D eigenvalue weighted by atomic mass is 16.6. The van der Waals surface area contributed by atoms with E-state index in [1.165, 1.54) is 0 Å². The van der Waals surface area contributed by atoms with Crippen LogP contribution in [0.15, 0.2) is 24.5 Å². The smallest absolute Gasteiger partial charge is 0.315 e. The number of hydrogen-bond donors (Lipinski definition) is 2. The summed E-state index contributed by atoms with van der Waals surface area (Å²) in [5.41, 5.74) is 1.01. The van der Waals surface area contributed by atoms with Gasteiger partial charge in [0.15, 0.2) is 5.82 Å². The molecule has 8 nitrogen and oxygen atoms in total. The Morgan fingerprint density at radius 1 is 1.29 bits per heavy atom. The quantitative estimate of drug-likeness (QED) is 0.599. The molecular weight excluding hydrogens is 272 g/mol. The minimum atomic E-state index is -0.384. The summed E-state index contributed by atoms with van der Waals surface area (Å²) in [5.74, 6) is 0.737. The van der Waals surface area contributed by atoms with Crippen molar-refractivity contribution in [2.75, 3.05) is 17.2 Å². The van der Waals surface area contributed by atoms with E-state index in [0.717, 1.165) is 12.4 Å². The molecule has 1 aromatic carbocycles. The van der Waals surface area contributed by atoms with Gasteiger partial charge in [0.1, 0.15) is 17.7 Å². The molecule has 0 fully saturated rings. The summed E-state index contributed by atoms with van der Waals surface area (Å²) in [6, 6.07) is 5.16. The van der Waals surface area contributed by atoms with E-state index in [1.54, 1.807) is 24.5 Å². The maximum Gasteiger partial charge on any atom is 0.315 e. The largest absolute Gasteiger partial charge is 0.380 e. The fourth-order valence-electron chi connectivity index (χ4n) is 2.07. The first kappa shape index (κ1) is 14.8. The molecule has 0 unspecified atom stereocenters. The fraction of sp³-hybridized carbons (Fsp3) is 0.385. The molecule has 2 N–H and O–H groups in total. The summed E-state index contributed by atoms with van der Waals surface area (Å²) in [4.78, 5) is 10.9. The summed E-state index contributed by atoms with van der Waals surface area (Å²) in [5, 5.41) is 25.2. The predicted octanol–water partition coefficient (Wildman–Crippen LogP) is 2.25. The number of nitrogens with one attached hydrogen (secondary N) is 2. The molecule has 1 heterocycles.